The number of nitrogens with one attached hydrogen (secondary N) is 1. The predicted octanol–water partition coefficient (Wildman–Crippen LogP) is 2.63. The maximum atomic E-state index is 12.5. The van der Waals surface area contributed by atoms with E-state index in [0.29, 0.717) is 31.2 Å². The molecule has 27 heavy (non-hydrogen) atoms. The minimum atomic E-state index is -0.0707. The maximum Gasteiger partial charge on any atom is 0.251 e. The molecule has 1 amide bonds. The van der Waals surface area contributed by atoms with E-state index < -0.39 is 0 Å². The number of methoxy groups -OCH3 is 1. The van der Waals surface area contributed by atoms with Gasteiger partial charge in [0.1, 0.15) is 6.61 Å². The first-order chi connectivity index (χ1) is 13.2. The molecule has 144 valence electrons. The molecule has 0 bridgehead atoms. The molecular formula is C21H27N3O3. The number of amides is 1. The van der Waals surface area contributed by atoms with E-state index in [1.165, 1.54) is 18.4 Å². The maximum absolute atomic E-state index is 12.5. The van der Waals surface area contributed by atoms with Gasteiger partial charge in [0.15, 0.2) is 0 Å². The largest absolute Gasteiger partial charge is 0.475 e. The number of ether oxygens (including phenoxy) is 2. The van der Waals surface area contributed by atoms with Crippen LogP contribution in [0.15, 0.2) is 42.6 Å². The quantitative estimate of drug-likeness (QED) is 0.689. The molecular weight excluding hydrogens is 342 g/mol. The Morgan fingerprint density at radius 3 is 2.74 bits per heavy atom. The molecule has 1 fully saturated rings. The van der Waals surface area contributed by atoms with Gasteiger partial charge in [0, 0.05) is 38.0 Å². The van der Waals surface area contributed by atoms with E-state index in [4.69, 9.17) is 9.47 Å². The van der Waals surface area contributed by atoms with Gasteiger partial charge >= 0.3 is 0 Å². The van der Waals surface area contributed by atoms with Crippen molar-refractivity contribution in [3.05, 3.63) is 59.3 Å². The van der Waals surface area contributed by atoms with Crippen molar-refractivity contribution in [3.63, 3.8) is 0 Å². The van der Waals surface area contributed by atoms with Crippen molar-refractivity contribution in [1.82, 2.24) is 15.2 Å². The van der Waals surface area contributed by atoms with E-state index in [9.17, 15) is 4.79 Å². The van der Waals surface area contributed by atoms with Crippen LogP contribution in [-0.4, -0.2) is 49.2 Å². The number of hydrogen-bond acceptors (Lipinski definition) is 5. The number of carbonyl (C=O) groups is 1. The zero-order valence-corrected chi connectivity index (χ0v) is 15.8. The summed E-state index contributed by atoms with van der Waals surface area (Å²) in [7, 11) is 1.63. The average Bonchev–Trinajstić information content (AvgIpc) is 3.20. The third-order valence-electron chi connectivity index (χ3n) is 4.58. The van der Waals surface area contributed by atoms with Crippen molar-refractivity contribution in [1.29, 1.82) is 0 Å². The predicted molar refractivity (Wildman–Crippen MR) is 104 cm³/mol. The summed E-state index contributed by atoms with van der Waals surface area (Å²) < 4.78 is 10.4. The smallest absolute Gasteiger partial charge is 0.251 e. The summed E-state index contributed by atoms with van der Waals surface area (Å²) in [4.78, 5) is 19.1. The molecule has 0 atom stereocenters. The molecule has 0 radical (unpaired) electrons. The Kier molecular flexibility index (Phi) is 7.19. The second kappa shape index (κ2) is 10.0. The minimum Gasteiger partial charge on any atom is -0.475 e. The van der Waals surface area contributed by atoms with Crippen molar-refractivity contribution in [2.24, 2.45) is 0 Å². The zero-order valence-electron chi connectivity index (χ0n) is 15.8. The third kappa shape index (κ3) is 6.05. The van der Waals surface area contributed by atoms with E-state index in [0.717, 1.165) is 25.2 Å². The highest BCUT2D eigenvalue weighted by molar-refractivity contribution is 5.94. The molecule has 2 heterocycles. The third-order valence-corrected chi connectivity index (χ3v) is 4.58. The van der Waals surface area contributed by atoms with Crippen LogP contribution >= 0.6 is 0 Å². The van der Waals surface area contributed by atoms with Gasteiger partial charge in [-0.1, -0.05) is 18.2 Å². The molecule has 2 aromatic rings. The number of rotatable bonds is 9. The lowest BCUT2D eigenvalue weighted by Gasteiger charge is -2.15. The number of pyridine rings is 1. The topological polar surface area (TPSA) is 63.7 Å². The monoisotopic (exact) mass is 369 g/mol. The normalized spacial score (nSPS) is 14.3. The van der Waals surface area contributed by atoms with Gasteiger partial charge in [-0.05, 0) is 49.2 Å². The summed E-state index contributed by atoms with van der Waals surface area (Å²) >= 11 is 0. The zero-order chi connectivity index (χ0) is 18.9. The number of hydrogen-bond donors (Lipinski definition) is 1. The Morgan fingerprint density at radius 2 is 2.00 bits per heavy atom. The molecule has 1 aromatic heterocycles. The second-order valence-electron chi connectivity index (χ2n) is 6.71. The highest BCUT2D eigenvalue weighted by Gasteiger charge is 2.13. The van der Waals surface area contributed by atoms with E-state index >= 15 is 0 Å². The molecule has 1 aliphatic heterocycles. The van der Waals surface area contributed by atoms with Crippen LogP contribution in [0.5, 0.6) is 5.88 Å². The van der Waals surface area contributed by atoms with Crippen LogP contribution in [0, 0.1) is 0 Å². The summed E-state index contributed by atoms with van der Waals surface area (Å²) in [6.07, 6.45) is 4.25. The van der Waals surface area contributed by atoms with E-state index in [-0.39, 0.29) is 5.91 Å². The Bertz CT molecular complexity index is 728. The number of benzene rings is 1. The lowest BCUT2D eigenvalue weighted by atomic mass is 10.1. The van der Waals surface area contributed by atoms with Gasteiger partial charge in [-0.3, -0.25) is 9.69 Å². The van der Waals surface area contributed by atoms with Gasteiger partial charge < -0.3 is 14.8 Å². The van der Waals surface area contributed by atoms with Crippen LogP contribution in [-0.2, 0) is 17.8 Å². The Hall–Kier alpha value is -2.44. The fraction of sp³-hybridized carbons (Fsp3) is 0.429. The van der Waals surface area contributed by atoms with Crippen LogP contribution in [0.2, 0.25) is 0 Å². The Balaban J connectivity index is 1.50. The van der Waals surface area contributed by atoms with E-state index in [1.807, 2.05) is 24.3 Å². The number of carbonyl (C=O) groups excluding carboxylic acids is 1. The Labute approximate surface area is 160 Å². The van der Waals surface area contributed by atoms with Crippen molar-refractivity contribution in [3.8, 4) is 5.88 Å². The van der Waals surface area contributed by atoms with Crippen molar-refractivity contribution < 1.29 is 14.3 Å². The summed E-state index contributed by atoms with van der Waals surface area (Å²) in [5, 5.41) is 2.95. The highest BCUT2D eigenvalue weighted by atomic mass is 16.5. The van der Waals surface area contributed by atoms with Crippen molar-refractivity contribution in [2.45, 2.75) is 25.9 Å². The summed E-state index contributed by atoms with van der Waals surface area (Å²) in [5.74, 6) is 0.482. The first-order valence-electron chi connectivity index (χ1n) is 9.41. The SMILES string of the molecule is COCCOc1ccc(CNC(=O)c2cccc(CN3CCCC3)c2)cn1. The minimum absolute atomic E-state index is 0.0707. The molecule has 1 aromatic carbocycles. The van der Waals surface area contributed by atoms with Gasteiger partial charge in [-0.2, -0.15) is 0 Å². The van der Waals surface area contributed by atoms with Crippen LogP contribution in [0.3, 0.4) is 0 Å². The fourth-order valence-electron chi connectivity index (χ4n) is 3.12. The second-order valence-corrected chi connectivity index (χ2v) is 6.71. The van der Waals surface area contributed by atoms with Crippen LogP contribution in [0.25, 0.3) is 0 Å². The van der Waals surface area contributed by atoms with Crippen LogP contribution in [0.4, 0.5) is 0 Å². The first kappa shape index (κ1) is 19.3. The molecule has 3 rings (SSSR count). The molecule has 0 aliphatic carbocycles. The molecule has 1 aliphatic rings. The van der Waals surface area contributed by atoms with Gasteiger partial charge in [0.2, 0.25) is 5.88 Å². The molecule has 1 saturated heterocycles. The first-order valence-corrected chi connectivity index (χ1v) is 9.41. The van der Waals surface area contributed by atoms with Gasteiger partial charge in [-0.25, -0.2) is 4.98 Å². The van der Waals surface area contributed by atoms with Crippen molar-refractivity contribution in [2.75, 3.05) is 33.4 Å². The fourth-order valence-corrected chi connectivity index (χ4v) is 3.12. The summed E-state index contributed by atoms with van der Waals surface area (Å²) in [6.45, 7) is 4.63. The molecule has 6 heteroatoms. The van der Waals surface area contributed by atoms with E-state index in [1.54, 1.807) is 19.4 Å². The molecule has 0 saturated carbocycles. The molecule has 6 nitrogen and oxygen atoms in total. The van der Waals surface area contributed by atoms with Gasteiger partial charge in [0.05, 0.1) is 6.61 Å². The summed E-state index contributed by atoms with van der Waals surface area (Å²) in [5.41, 5.74) is 2.80. The average molecular weight is 369 g/mol. The molecule has 1 N–H and O–H groups in total. The number of aromatic nitrogens is 1. The summed E-state index contributed by atoms with van der Waals surface area (Å²) in [6, 6.07) is 11.6. The van der Waals surface area contributed by atoms with Crippen LogP contribution < -0.4 is 10.1 Å². The van der Waals surface area contributed by atoms with Gasteiger partial charge in [-0.15, -0.1) is 0 Å². The lowest BCUT2D eigenvalue weighted by molar-refractivity contribution is 0.0950. The molecule has 0 unspecified atom stereocenters. The standard InChI is InChI=1S/C21H27N3O3/c1-26-11-12-27-20-8-7-18(14-22-20)15-23-21(25)19-6-4-5-17(13-19)16-24-9-2-3-10-24/h4-8,13-14H,2-3,9-12,15-16H2,1H3,(H,23,25). The molecule has 0 spiro atoms. The van der Waals surface area contributed by atoms with Crippen molar-refractivity contribution >= 4 is 5.91 Å². The van der Waals surface area contributed by atoms with E-state index in [2.05, 4.69) is 21.3 Å². The highest BCUT2D eigenvalue weighted by Crippen LogP contribution is 2.14. The number of likely N-dealkylation sites (tertiary alicyclic amines) is 1. The van der Waals surface area contributed by atoms with Crippen LogP contribution in [0.1, 0.15) is 34.3 Å². The Morgan fingerprint density at radius 1 is 1.15 bits per heavy atom. The number of nitrogens with zero attached hydrogens (tertiary/aromatic N) is 2. The van der Waals surface area contributed by atoms with Gasteiger partial charge in [0.25, 0.3) is 5.91 Å². The lowest BCUT2D eigenvalue weighted by Crippen LogP contribution is -2.23.